The molecule has 1 aliphatic carbocycles. The molecule has 1 saturated carbocycles. The maximum Gasteiger partial charge on any atom is 0.404 e. The monoisotopic (exact) mass is 521 g/mol. The number of carboxylic acid groups (broad SMARTS) is 1. The molecule has 1 fully saturated rings. The number of nitrogens with zero attached hydrogens (tertiary/aromatic N) is 1. The second kappa shape index (κ2) is 8.66. The summed E-state index contributed by atoms with van der Waals surface area (Å²) in [6.45, 7) is 2.47. The van der Waals surface area contributed by atoms with E-state index >= 15 is 0 Å². The van der Waals surface area contributed by atoms with Crippen LogP contribution in [-0.2, 0) is 6.54 Å². The van der Waals surface area contributed by atoms with Crippen LogP contribution in [-0.4, -0.2) is 34.2 Å². The number of nitrogens with one attached hydrogen (secondary N) is 4. The van der Waals surface area contributed by atoms with Crippen molar-refractivity contribution in [2.75, 3.05) is 10.6 Å². The summed E-state index contributed by atoms with van der Waals surface area (Å²) in [7, 11) is 0. The number of carbonyl (C=O) groups excluding carboxylic acids is 1. The topological polar surface area (TPSA) is 115 Å². The van der Waals surface area contributed by atoms with Gasteiger partial charge in [-0.15, -0.1) is 0 Å². The number of aromatic nitrogens is 1. The third kappa shape index (κ3) is 4.30. The number of halogens is 1. The van der Waals surface area contributed by atoms with E-state index < -0.39 is 6.09 Å². The molecule has 2 aromatic rings. The van der Waals surface area contributed by atoms with Gasteiger partial charge >= 0.3 is 6.09 Å². The van der Waals surface area contributed by atoms with Crippen molar-refractivity contribution in [1.82, 2.24) is 15.6 Å². The summed E-state index contributed by atoms with van der Waals surface area (Å²) in [4.78, 5) is 28.4. The Morgan fingerprint density at radius 3 is 2.57 bits per heavy atom. The standard InChI is InChI=1S/C21H24IN5O3/c1-11-6-8-12(9-7-11)24-18-16-13(10-23-20(16)28)17(22)19(27-18)25-14-4-2-3-5-15(14)26-21(29)30/h6-9,14-15,26H,2-5,10H2,1H3,(H,23,28)(H,29,30)(H2,24,25,27). The lowest BCUT2D eigenvalue weighted by atomic mass is 9.90. The minimum Gasteiger partial charge on any atom is -0.465 e. The largest absolute Gasteiger partial charge is 0.465 e. The molecule has 2 atom stereocenters. The van der Waals surface area contributed by atoms with E-state index in [4.69, 9.17) is 4.98 Å². The van der Waals surface area contributed by atoms with Crippen LogP contribution >= 0.6 is 22.6 Å². The summed E-state index contributed by atoms with van der Waals surface area (Å²) in [6.07, 6.45) is 2.67. The Kier molecular flexibility index (Phi) is 5.98. The van der Waals surface area contributed by atoms with Crippen LogP contribution in [0.1, 0.15) is 47.2 Å². The lowest BCUT2D eigenvalue weighted by Crippen LogP contribution is -2.48. The zero-order valence-electron chi connectivity index (χ0n) is 16.6. The maximum absolute atomic E-state index is 12.5. The number of aryl methyl sites for hydroxylation is 1. The van der Waals surface area contributed by atoms with Crippen LogP contribution in [0.4, 0.5) is 22.1 Å². The Bertz CT molecular complexity index is 980. The van der Waals surface area contributed by atoms with Crippen molar-refractivity contribution in [3.05, 3.63) is 44.5 Å². The van der Waals surface area contributed by atoms with Gasteiger partial charge in [-0.25, -0.2) is 9.78 Å². The molecule has 158 valence electrons. The Morgan fingerprint density at radius 1 is 1.17 bits per heavy atom. The average Bonchev–Trinajstić information content (AvgIpc) is 3.10. The summed E-state index contributed by atoms with van der Waals surface area (Å²) in [6, 6.07) is 7.68. The van der Waals surface area contributed by atoms with Gasteiger partial charge in [-0.3, -0.25) is 4.79 Å². The van der Waals surface area contributed by atoms with Crippen LogP contribution in [0.3, 0.4) is 0 Å². The van der Waals surface area contributed by atoms with Gasteiger partial charge in [0.1, 0.15) is 11.6 Å². The molecule has 30 heavy (non-hydrogen) atoms. The first-order valence-corrected chi connectivity index (χ1v) is 11.1. The van der Waals surface area contributed by atoms with Gasteiger partial charge in [0.2, 0.25) is 0 Å². The van der Waals surface area contributed by atoms with Crippen molar-refractivity contribution in [2.24, 2.45) is 0 Å². The van der Waals surface area contributed by atoms with E-state index in [9.17, 15) is 14.7 Å². The van der Waals surface area contributed by atoms with Crippen LogP contribution in [0.5, 0.6) is 0 Å². The highest BCUT2D eigenvalue weighted by Crippen LogP contribution is 2.34. The molecule has 1 aromatic heterocycles. The van der Waals surface area contributed by atoms with E-state index in [-0.39, 0.29) is 18.0 Å². The lowest BCUT2D eigenvalue weighted by Gasteiger charge is -2.32. The summed E-state index contributed by atoms with van der Waals surface area (Å²) >= 11 is 2.22. The molecule has 1 aliphatic heterocycles. The fourth-order valence-electron chi connectivity index (χ4n) is 4.05. The molecule has 4 rings (SSSR count). The third-order valence-corrected chi connectivity index (χ3v) is 6.76. The summed E-state index contributed by atoms with van der Waals surface area (Å²) in [5.74, 6) is 1.04. The number of carbonyl (C=O) groups is 2. The van der Waals surface area contributed by atoms with Gasteiger partial charge in [0.15, 0.2) is 0 Å². The molecular formula is C21H24IN5O3. The van der Waals surface area contributed by atoms with Crippen molar-refractivity contribution < 1.29 is 14.7 Å². The molecule has 0 saturated heterocycles. The Morgan fingerprint density at radius 2 is 1.87 bits per heavy atom. The number of benzene rings is 1. The highest BCUT2D eigenvalue weighted by atomic mass is 127. The van der Waals surface area contributed by atoms with Crippen molar-refractivity contribution in [1.29, 1.82) is 0 Å². The van der Waals surface area contributed by atoms with Crippen molar-refractivity contribution in [2.45, 2.75) is 51.2 Å². The van der Waals surface area contributed by atoms with Crippen molar-refractivity contribution >= 4 is 51.9 Å². The molecule has 2 amide bonds. The van der Waals surface area contributed by atoms with E-state index in [0.29, 0.717) is 23.7 Å². The minimum atomic E-state index is -1.01. The predicted octanol–water partition coefficient (Wildman–Crippen LogP) is 3.97. The van der Waals surface area contributed by atoms with Gasteiger partial charge in [0.05, 0.1) is 15.2 Å². The Balaban J connectivity index is 1.67. The first-order valence-electron chi connectivity index (χ1n) is 10.0. The van der Waals surface area contributed by atoms with Gasteiger partial charge < -0.3 is 26.4 Å². The molecular weight excluding hydrogens is 497 g/mol. The van der Waals surface area contributed by atoms with Gasteiger partial charge in [-0.1, -0.05) is 30.5 Å². The Hall–Kier alpha value is -2.56. The fraction of sp³-hybridized carbons (Fsp3) is 0.381. The molecule has 2 aliphatic rings. The van der Waals surface area contributed by atoms with Crippen LogP contribution in [0.2, 0.25) is 0 Å². The quantitative estimate of drug-likeness (QED) is 0.381. The van der Waals surface area contributed by atoms with Gasteiger partial charge in [0.25, 0.3) is 5.91 Å². The number of rotatable bonds is 5. The first-order chi connectivity index (χ1) is 14.4. The maximum atomic E-state index is 12.5. The van der Waals surface area contributed by atoms with Crippen LogP contribution in [0.25, 0.3) is 0 Å². The lowest BCUT2D eigenvalue weighted by molar-refractivity contribution is 0.0966. The van der Waals surface area contributed by atoms with Crippen molar-refractivity contribution in [3.63, 3.8) is 0 Å². The zero-order valence-corrected chi connectivity index (χ0v) is 18.7. The van der Waals surface area contributed by atoms with Gasteiger partial charge in [0, 0.05) is 23.8 Å². The number of hydrogen-bond donors (Lipinski definition) is 5. The molecule has 9 heteroatoms. The second-order valence-corrected chi connectivity index (χ2v) is 8.82. The summed E-state index contributed by atoms with van der Waals surface area (Å²) in [5.41, 5.74) is 3.47. The SMILES string of the molecule is Cc1ccc(Nc2nc(NC3CCCCC3NC(=O)O)c(I)c3c2C(=O)NC3)cc1. The number of fused-ring (bicyclic) bond motifs is 1. The zero-order chi connectivity index (χ0) is 21.3. The molecule has 1 aromatic carbocycles. The molecule has 2 unspecified atom stereocenters. The second-order valence-electron chi connectivity index (χ2n) is 7.74. The molecule has 8 nitrogen and oxygen atoms in total. The van der Waals surface area contributed by atoms with E-state index in [1.807, 2.05) is 31.2 Å². The van der Waals surface area contributed by atoms with Gasteiger partial charge in [-0.2, -0.15) is 0 Å². The highest BCUT2D eigenvalue weighted by Gasteiger charge is 2.31. The smallest absolute Gasteiger partial charge is 0.404 e. The molecule has 0 bridgehead atoms. The molecule has 2 heterocycles. The van der Waals surface area contributed by atoms with E-state index in [1.165, 1.54) is 0 Å². The van der Waals surface area contributed by atoms with E-state index in [0.717, 1.165) is 46.1 Å². The highest BCUT2D eigenvalue weighted by molar-refractivity contribution is 14.1. The number of pyridine rings is 1. The van der Waals surface area contributed by atoms with Gasteiger partial charge in [-0.05, 0) is 54.5 Å². The van der Waals surface area contributed by atoms with Crippen LogP contribution in [0.15, 0.2) is 24.3 Å². The van der Waals surface area contributed by atoms with Crippen molar-refractivity contribution in [3.8, 4) is 0 Å². The summed E-state index contributed by atoms with van der Waals surface area (Å²) in [5, 5.41) is 21.4. The average molecular weight is 521 g/mol. The van der Waals surface area contributed by atoms with Crippen LogP contribution < -0.4 is 21.3 Å². The number of hydrogen-bond acceptors (Lipinski definition) is 5. The minimum absolute atomic E-state index is 0.0498. The Labute approximate surface area is 188 Å². The van der Waals surface area contributed by atoms with E-state index in [2.05, 4.69) is 43.9 Å². The first kappa shape index (κ1) is 20.7. The fourth-order valence-corrected chi connectivity index (χ4v) is 4.79. The van der Waals surface area contributed by atoms with E-state index in [1.54, 1.807) is 0 Å². The molecule has 5 N–H and O–H groups in total. The number of anilines is 3. The number of amides is 2. The van der Waals surface area contributed by atoms with Crippen LogP contribution in [0, 0.1) is 10.5 Å². The molecule has 0 spiro atoms. The summed E-state index contributed by atoms with van der Waals surface area (Å²) < 4.78 is 0.884. The molecule has 0 radical (unpaired) electrons. The predicted molar refractivity (Wildman–Crippen MR) is 123 cm³/mol. The third-order valence-electron chi connectivity index (χ3n) is 5.60. The normalized spacial score (nSPS) is 20.3.